The molecule has 3 rings (SSSR count). The molecule has 3 N–H and O–H groups in total. The number of anilines is 1. The van der Waals surface area contributed by atoms with Crippen molar-refractivity contribution in [2.24, 2.45) is 5.92 Å². The van der Waals surface area contributed by atoms with Gasteiger partial charge in [0.1, 0.15) is 23.4 Å². The molecular weight excluding hydrogens is 482 g/mol. The van der Waals surface area contributed by atoms with Crippen LogP contribution in [-0.4, -0.2) is 46.1 Å². The number of carbonyl (C=O) groups excluding carboxylic acids is 3. The Balaban J connectivity index is 1.96. The van der Waals surface area contributed by atoms with Gasteiger partial charge in [-0.15, -0.1) is 0 Å². The minimum Gasteiger partial charge on any atom is -0.508 e. The van der Waals surface area contributed by atoms with Crippen molar-refractivity contribution in [3.8, 4) is 5.75 Å². The van der Waals surface area contributed by atoms with Gasteiger partial charge in [0, 0.05) is 12.2 Å². The monoisotopic (exact) mass is 519 g/mol. The van der Waals surface area contributed by atoms with E-state index in [4.69, 9.17) is 4.74 Å². The molecule has 0 aliphatic carbocycles. The van der Waals surface area contributed by atoms with Crippen molar-refractivity contribution in [2.45, 2.75) is 59.2 Å². The summed E-state index contributed by atoms with van der Waals surface area (Å²) in [6.07, 6.45) is -0.713. The highest BCUT2D eigenvalue weighted by molar-refractivity contribution is 6.00. The number of hydrogen-bond donors (Lipinski definition) is 3. The van der Waals surface area contributed by atoms with E-state index in [2.05, 4.69) is 10.6 Å². The highest BCUT2D eigenvalue weighted by Crippen LogP contribution is 2.28. The number of rotatable bonds is 8. The Morgan fingerprint density at radius 3 is 2.24 bits per heavy atom. The molecule has 0 spiro atoms. The van der Waals surface area contributed by atoms with Gasteiger partial charge in [-0.25, -0.2) is 4.79 Å². The average molecular weight is 520 g/mol. The molecule has 8 nitrogen and oxygen atoms in total. The molecule has 0 heterocycles. The predicted molar refractivity (Wildman–Crippen MR) is 149 cm³/mol. The fraction of sp³-hybridized carbons (Fsp3) is 0.367. The van der Waals surface area contributed by atoms with Crippen LogP contribution >= 0.6 is 0 Å². The fourth-order valence-corrected chi connectivity index (χ4v) is 4.24. The Bertz CT molecular complexity index is 1300. The second-order valence-corrected chi connectivity index (χ2v) is 10.5. The minimum absolute atomic E-state index is 0.0261. The van der Waals surface area contributed by atoms with Crippen molar-refractivity contribution in [1.29, 1.82) is 0 Å². The Kier molecular flexibility index (Phi) is 8.99. The molecule has 38 heavy (non-hydrogen) atoms. The lowest BCUT2D eigenvalue weighted by Crippen LogP contribution is -2.54. The van der Waals surface area contributed by atoms with Crippen LogP contribution in [0.3, 0.4) is 0 Å². The van der Waals surface area contributed by atoms with Gasteiger partial charge in [-0.1, -0.05) is 56.3 Å². The molecular formula is C30H37N3O5. The number of hydrogen-bond acceptors (Lipinski definition) is 5. The van der Waals surface area contributed by atoms with E-state index >= 15 is 0 Å². The number of alkyl carbamates (subject to hydrolysis) is 1. The van der Waals surface area contributed by atoms with Gasteiger partial charge in [-0.3, -0.25) is 9.59 Å². The molecule has 2 unspecified atom stereocenters. The first-order chi connectivity index (χ1) is 17.9. The van der Waals surface area contributed by atoms with Crippen LogP contribution in [0, 0.1) is 5.92 Å². The van der Waals surface area contributed by atoms with Crippen molar-refractivity contribution < 1.29 is 24.2 Å². The third-order valence-electron chi connectivity index (χ3n) is 5.99. The molecule has 0 aliphatic heterocycles. The van der Waals surface area contributed by atoms with E-state index < -0.39 is 35.6 Å². The highest BCUT2D eigenvalue weighted by Gasteiger charge is 2.37. The topological polar surface area (TPSA) is 108 Å². The van der Waals surface area contributed by atoms with E-state index in [1.54, 1.807) is 45.9 Å². The van der Waals surface area contributed by atoms with Crippen molar-refractivity contribution in [1.82, 2.24) is 10.2 Å². The van der Waals surface area contributed by atoms with Gasteiger partial charge >= 0.3 is 6.09 Å². The zero-order valence-electron chi connectivity index (χ0n) is 22.8. The van der Waals surface area contributed by atoms with Crippen LogP contribution in [0.1, 0.15) is 53.1 Å². The first-order valence-corrected chi connectivity index (χ1v) is 12.8. The SMILES string of the molecule is CCN(C(=O)C(NC(=O)OC(C)(C)C)C(C)C)C(C(=O)Nc1ccc2ccccc2c1)c1cccc(O)c1. The molecule has 0 fully saturated rings. The fourth-order valence-electron chi connectivity index (χ4n) is 4.24. The van der Waals surface area contributed by atoms with E-state index in [0.29, 0.717) is 11.3 Å². The summed E-state index contributed by atoms with van der Waals surface area (Å²) < 4.78 is 5.37. The molecule has 0 saturated heterocycles. The van der Waals surface area contributed by atoms with Crippen LogP contribution in [-0.2, 0) is 14.3 Å². The summed E-state index contributed by atoms with van der Waals surface area (Å²) in [5.41, 5.74) is 0.288. The van der Waals surface area contributed by atoms with Gasteiger partial charge < -0.3 is 25.4 Å². The second kappa shape index (κ2) is 12.0. The van der Waals surface area contributed by atoms with Gasteiger partial charge in [-0.2, -0.15) is 0 Å². The smallest absolute Gasteiger partial charge is 0.408 e. The number of phenols is 1. The molecule has 3 aromatic carbocycles. The number of likely N-dealkylation sites (N-methyl/N-ethyl adjacent to an activating group) is 1. The van der Waals surface area contributed by atoms with Gasteiger partial charge in [0.05, 0.1) is 0 Å². The predicted octanol–water partition coefficient (Wildman–Crippen LogP) is 5.62. The van der Waals surface area contributed by atoms with Crippen LogP contribution < -0.4 is 10.6 Å². The van der Waals surface area contributed by atoms with Crippen molar-refractivity contribution in [3.63, 3.8) is 0 Å². The standard InChI is InChI=1S/C30H37N3O5/c1-7-33(28(36)25(19(2)3)32-29(37)38-30(4,5)6)26(22-13-10-14-24(34)18-22)27(35)31-23-16-15-20-11-8-9-12-21(20)17-23/h8-19,25-26,34H,7H2,1-6H3,(H,31,35)(H,32,37). The maximum Gasteiger partial charge on any atom is 0.408 e. The van der Waals surface area contributed by atoms with Crippen molar-refractivity contribution >= 4 is 34.4 Å². The van der Waals surface area contributed by atoms with Gasteiger partial charge in [-0.05, 0) is 74.2 Å². The molecule has 0 bridgehead atoms. The second-order valence-electron chi connectivity index (χ2n) is 10.5. The first kappa shape index (κ1) is 28.5. The minimum atomic E-state index is -1.06. The summed E-state index contributed by atoms with van der Waals surface area (Å²) in [5, 5.41) is 17.8. The number of aromatic hydroxyl groups is 1. The number of fused-ring (bicyclic) bond motifs is 1. The molecule has 202 valence electrons. The van der Waals surface area contributed by atoms with Gasteiger partial charge in [0.2, 0.25) is 5.91 Å². The molecule has 8 heteroatoms. The Hall–Kier alpha value is -4.07. The lowest BCUT2D eigenvalue weighted by molar-refractivity contribution is -0.141. The van der Waals surface area contributed by atoms with E-state index in [-0.39, 0.29) is 18.2 Å². The van der Waals surface area contributed by atoms with Crippen molar-refractivity contribution in [3.05, 3.63) is 72.3 Å². The molecule has 0 saturated carbocycles. The lowest BCUT2D eigenvalue weighted by atomic mass is 9.98. The number of carbonyl (C=O) groups is 3. The lowest BCUT2D eigenvalue weighted by Gasteiger charge is -2.35. The Morgan fingerprint density at radius 2 is 1.63 bits per heavy atom. The molecule has 3 aromatic rings. The summed E-state index contributed by atoms with van der Waals surface area (Å²) in [7, 11) is 0. The van der Waals surface area contributed by atoms with Crippen LogP contribution in [0.2, 0.25) is 0 Å². The van der Waals surface area contributed by atoms with E-state index in [9.17, 15) is 19.5 Å². The summed E-state index contributed by atoms with van der Waals surface area (Å²) >= 11 is 0. The van der Waals surface area contributed by atoms with Gasteiger partial charge in [0.25, 0.3) is 5.91 Å². The zero-order chi connectivity index (χ0) is 28.0. The summed E-state index contributed by atoms with van der Waals surface area (Å²) in [6, 6.07) is 17.7. The third kappa shape index (κ3) is 7.25. The first-order valence-electron chi connectivity index (χ1n) is 12.8. The number of phenolic OH excluding ortho intramolecular Hbond substituents is 1. The largest absolute Gasteiger partial charge is 0.508 e. The number of amides is 3. The number of nitrogens with zero attached hydrogens (tertiary/aromatic N) is 1. The number of ether oxygens (including phenoxy) is 1. The third-order valence-corrected chi connectivity index (χ3v) is 5.99. The maximum atomic E-state index is 13.9. The van der Waals surface area contributed by atoms with E-state index in [1.807, 2.05) is 50.2 Å². The van der Waals surface area contributed by atoms with Crippen molar-refractivity contribution in [2.75, 3.05) is 11.9 Å². The number of benzene rings is 3. The normalized spacial score (nSPS) is 13.0. The van der Waals surface area contributed by atoms with Crippen LogP contribution in [0.5, 0.6) is 5.75 Å². The molecule has 3 amide bonds. The summed E-state index contributed by atoms with van der Waals surface area (Å²) in [5.74, 6) is -1.18. The molecule has 0 radical (unpaired) electrons. The maximum absolute atomic E-state index is 13.9. The van der Waals surface area contributed by atoms with Gasteiger partial charge in [0.15, 0.2) is 0 Å². The molecule has 0 aliphatic rings. The zero-order valence-corrected chi connectivity index (χ0v) is 22.8. The Morgan fingerprint density at radius 1 is 0.947 bits per heavy atom. The summed E-state index contributed by atoms with van der Waals surface area (Å²) in [4.78, 5) is 41.6. The van der Waals surface area contributed by atoms with E-state index in [1.165, 1.54) is 17.0 Å². The average Bonchev–Trinajstić information content (AvgIpc) is 2.84. The molecule has 0 aromatic heterocycles. The Labute approximate surface area is 224 Å². The molecule has 2 atom stereocenters. The highest BCUT2D eigenvalue weighted by atomic mass is 16.6. The van der Waals surface area contributed by atoms with Crippen LogP contribution in [0.15, 0.2) is 66.7 Å². The number of nitrogens with one attached hydrogen (secondary N) is 2. The summed E-state index contributed by atoms with van der Waals surface area (Å²) in [6.45, 7) is 10.8. The van der Waals surface area contributed by atoms with E-state index in [0.717, 1.165) is 10.8 Å². The quantitative estimate of drug-likeness (QED) is 0.358. The van der Waals surface area contributed by atoms with Crippen LogP contribution in [0.25, 0.3) is 10.8 Å². The van der Waals surface area contributed by atoms with Crippen LogP contribution in [0.4, 0.5) is 10.5 Å².